The van der Waals surface area contributed by atoms with Crippen molar-refractivity contribution in [2.75, 3.05) is 27.2 Å². The summed E-state index contributed by atoms with van der Waals surface area (Å²) in [7, 11) is 4.28. The molecule has 1 aromatic rings. The van der Waals surface area contributed by atoms with Crippen molar-refractivity contribution in [1.29, 1.82) is 0 Å². The first-order valence-electron chi connectivity index (χ1n) is 9.59. The predicted molar refractivity (Wildman–Crippen MR) is 98.0 cm³/mol. The third-order valence-electron chi connectivity index (χ3n) is 6.89. The second kappa shape index (κ2) is 6.36. The van der Waals surface area contributed by atoms with Crippen LogP contribution in [0.1, 0.15) is 38.3 Å². The number of hydrogen-bond donors (Lipinski definition) is 0. The van der Waals surface area contributed by atoms with E-state index in [1.54, 1.807) is 0 Å². The molecule has 5 heteroatoms. The van der Waals surface area contributed by atoms with Crippen LogP contribution in [0, 0.1) is 5.41 Å². The summed E-state index contributed by atoms with van der Waals surface area (Å²) in [6.45, 7) is 4.52. The average Bonchev–Trinajstić information content (AvgIpc) is 2.84. The van der Waals surface area contributed by atoms with Gasteiger partial charge in [-0.05, 0) is 51.9 Å². The highest BCUT2D eigenvalue weighted by atomic mass is 16.2. The Morgan fingerprint density at radius 3 is 2.92 bits per heavy atom. The Morgan fingerprint density at radius 2 is 2.16 bits per heavy atom. The second-order valence-corrected chi connectivity index (χ2v) is 8.53. The lowest BCUT2D eigenvalue weighted by molar-refractivity contribution is -0.140. The first-order chi connectivity index (χ1) is 12.0. The van der Waals surface area contributed by atoms with Crippen molar-refractivity contribution in [1.82, 2.24) is 19.7 Å². The van der Waals surface area contributed by atoms with Gasteiger partial charge in [-0.15, -0.1) is 0 Å². The lowest BCUT2D eigenvalue weighted by Crippen LogP contribution is -2.59. The second-order valence-electron chi connectivity index (χ2n) is 8.53. The highest BCUT2D eigenvalue weighted by Crippen LogP contribution is 2.53. The molecular formula is C20H30N4O. The first-order valence-corrected chi connectivity index (χ1v) is 9.59. The molecular weight excluding hydrogens is 312 g/mol. The Labute approximate surface area is 151 Å². The Hall–Kier alpha value is -1.46. The topological polar surface area (TPSA) is 39.7 Å². The normalized spacial score (nSPS) is 34.6. The molecule has 1 aromatic heterocycles. The fourth-order valence-corrected chi connectivity index (χ4v) is 5.71. The molecule has 0 unspecified atom stereocenters. The minimum Gasteiger partial charge on any atom is -0.336 e. The first kappa shape index (κ1) is 17.0. The Kier molecular flexibility index (Phi) is 4.32. The molecule has 25 heavy (non-hydrogen) atoms. The number of aromatic nitrogens is 1. The molecule has 2 saturated heterocycles. The van der Waals surface area contributed by atoms with Gasteiger partial charge in [0.05, 0.1) is 12.2 Å². The highest BCUT2D eigenvalue weighted by Gasteiger charge is 2.59. The minimum atomic E-state index is 0.283. The summed E-state index contributed by atoms with van der Waals surface area (Å²) >= 11 is 0. The van der Waals surface area contributed by atoms with E-state index in [-0.39, 0.29) is 11.3 Å². The van der Waals surface area contributed by atoms with E-state index < -0.39 is 0 Å². The van der Waals surface area contributed by atoms with Crippen LogP contribution >= 0.6 is 0 Å². The van der Waals surface area contributed by atoms with Crippen molar-refractivity contribution in [3.8, 4) is 0 Å². The molecule has 0 radical (unpaired) electrons. The molecule has 4 rings (SSSR count). The van der Waals surface area contributed by atoms with Gasteiger partial charge in [0.2, 0.25) is 5.91 Å². The van der Waals surface area contributed by atoms with Crippen LogP contribution in [0.4, 0.5) is 0 Å². The van der Waals surface area contributed by atoms with Gasteiger partial charge in [-0.25, -0.2) is 0 Å². The van der Waals surface area contributed by atoms with Crippen molar-refractivity contribution in [2.45, 2.75) is 57.3 Å². The average molecular weight is 342 g/mol. The zero-order valence-corrected chi connectivity index (χ0v) is 15.7. The predicted octanol–water partition coefficient (Wildman–Crippen LogP) is 1.99. The van der Waals surface area contributed by atoms with Crippen molar-refractivity contribution in [2.24, 2.45) is 5.41 Å². The maximum Gasteiger partial charge on any atom is 0.237 e. The Morgan fingerprint density at radius 1 is 1.36 bits per heavy atom. The van der Waals surface area contributed by atoms with E-state index in [0.29, 0.717) is 31.2 Å². The van der Waals surface area contributed by atoms with E-state index >= 15 is 0 Å². The number of amides is 1. The summed E-state index contributed by atoms with van der Waals surface area (Å²) in [5, 5.41) is 0. The van der Waals surface area contributed by atoms with E-state index in [2.05, 4.69) is 33.7 Å². The van der Waals surface area contributed by atoms with Gasteiger partial charge in [0.1, 0.15) is 0 Å². The summed E-state index contributed by atoms with van der Waals surface area (Å²) in [6, 6.07) is 7.55. The van der Waals surface area contributed by atoms with Crippen LogP contribution in [-0.2, 0) is 11.3 Å². The number of nitrogens with zero attached hydrogens (tertiary/aromatic N) is 4. The molecule has 1 aliphatic carbocycles. The number of pyridine rings is 1. The summed E-state index contributed by atoms with van der Waals surface area (Å²) < 4.78 is 0. The number of likely N-dealkylation sites (tertiary alicyclic amines) is 2. The number of carbonyl (C=O) groups is 1. The number of carbonyl (C=O) groups excluding carboxylic acids is 1. The summed E-state index contributed by atoms with van der Waals surface area (Å²) in [5.74, 6) is 0.287. The van der Waals surface area contributed by atoms with Crippen LogP contribution in [0.2, 0.25) is 0 Å². The maximum absolute atomic E-state index is 13.1. The summed E-state index contributed by atoms with van der Waals surface area (Å²) in [6.07, 6.45) is 6.78. The van der Waals surface area contributed by atoms with Crippen LogP contribution in [-0.4, -0.2) is 70.9 Å². The third-order valence-corrected chi connectivity index (χ3v) is 6.89. The lowest BCUT2D eigenvalue weighted by Gasteiger charge is -2.50. The van der Waals surface area contributed by atoms with Gasteiger partial charge < -0.3 is 4.90 Å². The monoisotopic (exact) mass is 342 g/mol. The quantitative estimate of drug-likeness (QED) is 0.839. The molecule has 0 aromatic carbocycles. The van der Waals surface area contributed by atoms with Gasteiger partial charge in [-0.3, -0.25) is 19.6 Å². The van der Waals surface area contributed by atoms with E-state index in [1.165, 1.54) is 25.7 Å². The van der Waals surface area contributed by atoms with Gasteiger partial charge in [-0.2, -0.15) is 0 Å². The summed E-state index contributed by atoms with van der Waals surface area (Å²) in [5.41, 5.74) is 1.30. The molecule has 1 saturated carbocycles. The molecule has 3 fully saturated rings. The van der Waals surface area contributed by atoms with Crippen molar-refractivity contribution < 1.29 is 4.79 Å². The van der Waals surface area contributed by atoms with Crippen LogP contribution in [0.5, 0.6) is 0 Å². The van der Waals surface area contributed by atoms with Crippen LogP contribution in [0.25, 0.3) is 0 Å². The molecule has 4 atom stereocenters. The van der Waals surface area contributed by atoms with Crippen molar-refractivity contribution in [3.63, 3.8) is 0 Å². The van der Waals surface area contributed by atoms with E-state index in [1.807, 2.05) is 31.4 Å². The van der Waals surface area contributed by atoms with Crippen LogP contribution in [0.3, 0.4) is 0 Å². The van der Waals surface area contributed by atoms with Crippen molar-refractivity contribution in [3.05, 3.63) is 30.1 Å². The van der Waals surface area contributed by atoms with Gasteiger partial charge in [0.15, 0.2) is 0 Å². The smallest absolute Gasteiger partial charge is 0.237 e. The number of likely N-dealkylation sites (N-methyl/N-ethyl adjacent to an activating group) is 2. The van der Waals surface area contributed by atoms with Gasteiger partial charge >= 0.3 is 0 Å². The SMILES string of the molecule is CN(CC(=O)N1C[C@@H]2C[C@@]3(C)[C@H](CCC[C@@H]13)N2C)Cc1ccccn1. The fraction of sp³-hybridized carbons (Fsp3) is 0.700. The number of hydrogen-bond acceptors (Lipinski definition) is 4. The van der Waals surface area contributed by atoms with Crippen LogP contribution in [0.15, 0.2) is 24.4 Å². The standard InChI is InChI=1S/C20H30N4O/c1-20-11-16-13-24(18(20)9-6-8-17(20)23(16)3)19(25)14-22(2)12-15-7-4-5-10-21-15/h4-5,7,10,16-18H,6,8-9,11-14H2,1-3H3/t16-,17-,18+,20-/m0/s1. The maximum atomic E-state index is 13.1. The molecule has 0 N–H and O–H groups in total. The molecule has 3 heterocycles. The number of fused-ring (bicyclic) bond motifs is 1. The highest BCUT2D eigenvalue weighted by molar-refractivity contribution is 5.79. The Bertz CT molecular complexity index is 636. The van der Waals surface area contributed by atoms with E-state index in [0.717, 1.165) is 12.2 Å². The number of rotatable bonds is 4. The van der Waals surface area contributed by atoms with Gasteiger partial charge in [-0.1, -0.05) is 13.0 Å². The third kappa shape index (κ3) is 2.87. The zero-order chi connectivity index (χ0) is 17.6. The fourth-order valence-electron chi connectivity index (χ4n) is 5.71. The Balaban J connectivity index is 1.45. The molecule has 0 spiro atoms. The molecule has 2 bridgehead atoms. The zero-order valence-electron chi connectivity index (χ0n) is 15.7. The molecule has 3 aliphatic rings. The number of piperidine rings is 1. The minimum absolute atomic E-state index is 0.283. The molecule has 1 amide bonds. The van der Waals surface area contributed by atoms with Crippen molar-refractivity contribution >= 4 is 5.91 Å². The van der Waals surface area contributed by atoms with Gasteiger partial charge in [0.25, 0.3) is 0 Å². The molecule has 5 nitrogen and oxygen atoms in total. The largest absolute Gasteiger partial charge is 0.336 e. The molecule has 2 aliphatic heterocycles. The molecule has 136 valence electrons. The van der Waals surface area contributed by atoms with Crippen LogP contribution < -0.4 is 0 Å². The lowest BCUT2D eigenvalue weighted by atomic mass is 9.66. The van der Waals surface area contributed by atoms with E-state index in [4.69, 9.17) is 0 Å². The van der Waals surface area contributed by atoms with Gasteiger partial charge in [0, 0.05) is 42.8 Å². The van der Waals surface area contributed by atoms with E-state index in [9.17, 15) is 4.79 Å². The summed E-state index contributed by atoms with van der Waals surface area (Å²) in [4.78, 5) is 24.4.